The summed E-state index contributed by atoms with van der Waals surface area (Å²) in [4.78, 5) is 20.7. The van der Waals surface area contributed by atoms with Crippen LogP contribution in [0, 0.1) is 0 Å². The molecule has 2 aromatic rings. The molecule has 0 heterocycles. The number of rotatable bonds is 4. The first-order valence-electron chi connectivity index (χ1n) is 6.39. The zero-order valence-corrected chi connectivity index (χ0v) is 13.5. The monoisotopic (exact) mass is 351 g/mol. The fourth-order valence-corrected chi connectivity index (χ4v) is 1.52. The average molecular weight is 351 g/mol. The van der Waals surface area contributed by atoms with Gasteiger partial charge in [0, 0.05) is 17.1 Å². The maximum absolute atomic E-state index is 10.4. The molecule has 0 fully saturated rings. The molecule has 23 heavy (non-hydrogen) atoms. The standard InChI is InChI=1S/2C9H8O2.Mn/c2*1-2-7-3-5-8(6-4-7)9(10)11;/h2*2-6H,1H2,(H,10,11);. The van der Waals surface area contributed by atoms with Gasteiger partial charge in [0.1, 0.15) is 0 Å². The molecule has 0 saturated carbocycles. The molecule has 2 rings (SSSR count). The maximum Gasteiger partial charge on any atom is 0.335 e. The Morgan fingerprint density at radius 2 is 0.957 bits per heavy atom. The largest absolute Gasteiger partial charge is 0.478 e. The Bertz CT molecular complexity index is 612. The van der Waals surface area contributed by atoms with Crippen molar-refractivity contribution >= 4 is 24.1 Å². The molecule has 0 saturated heterocycles. The summed E-state index contributed by atoms with van der Waals surface area (Å²) in [5, 5.41) is 17.0. The van der Waals surface area contributed by atoms with E-state index in [1.807, 2.05) is 0 Å². The fourth-order valence-electron chi connectivity index (χ4n) is 1.52. The van der Waals surface area contributed by atoms with Crippen LogP contribution in [-0.4, -0.2) is 22.2 Å². The molecule has 0 spiro atoms. The Kier molecular flexibility index (Phi) is 9.01. The molecular weight excluding hydrogens is 335 g/mol. The van der Waals surface area contributed by atoms with Crippen LogP contribution in [-0.2, 0) is 17.1 Å². The normalized spacial score (nSPS) is 8.70. The third kappa shape index (κ3) is 6.78. The summed E-state index contributed by atoms with van der Waals surface area (Å²) in [7, 11) is 0. The van der Waals surface area contributed by atoms with E-state index in [-0.39, 0.29) is 17.1 Å². The summed E-state index contributed by atoms with van der Waals surface area (Å²) >= 11 is 0. The number of aromatic carboxylic acids is 2. The smallest absolute Gasteiger partial charge is 0.335 e. The summed E-state index contributed by atoms with van der Waals surface area (Å²) in [6, 6.07) is 13.1. The second-order valence-electron chi connectivity index (χ2n) is 4.26. The molecule has 0 unspecified atom stereocenters. The third-order valence-corrected chi connectivity index (χ3v) is 2.79. The number of carboxylic acid groups (broad SMARTS) is 2. The first-order chi connectivity index (χ1) is 10.5. The number of carbonyl (C=O) groups is 2. The van der Waals surface area contributed by atoms with E-state index in [2.05, 4.69) is 13.2 Å². The zero-order chi connectivity index (χ0) is 16.5. The van der Waals surface area contributed by atoms with Crippen molar-refractivity contribution in [3.63, 3.8) is 0 Å². The van der Waals surface area contributed by atoms with E-state index in [9.17, 15) is 9.59 Å². The number of hydrogen-bond acceptors (Lipinski definition) is 2. The van der Waals surface area contributed by atoms with Crippen molar-refractivity contribution in [2.24, 2.45) is 0 Å². The van der Waals surface area contributed by atoms with Crippen molar-refractivity contribution in [1.82, 2.24) is 0 Å². The van der Waals surface area contributed by atoms with Gasteiger partial charge in [-0.1, -0.05) is 49.6 Å². The molecular formula is C18H16MnO4. The molecule has 0 bridgehead atoms. The second-order valence-corrected chi connectivity index (χ2v) is 4.26. The van der Waals surface area contributed by atoms with Crippen molar-refractivity contribution in [1.29, 1.82) is 0 Å². The van der Waals surface area contributed by atoms with Gasteiger partial charge in [-0.05, 0) is 35.4 Å². The van der Waals surface area contributed by atoms with Gasteiger partial charge in [-0.3, -0.25) is 0 Å². The van der Waals surface area contributed by atoms with E-state index < -0.39 is 11.9 Å². The van der Waals surface area contributed by atoms with E-state index in [1.54, 1.807) is 60.7 Å². The molecule has 4 nitrogen and oxygen atoms in total. The molecule has 0 aliphatic rings. The Labute approximate surface area is 145 Å². The molecule has 2 aromatic carbocycles. The molecule has 0 aliphatic heterocycles. The topological polar surface area (TPSA) is 74.6 Å². The van der Waals surface area contributed by atoms with E-state index in [1.165, 1.54) is 0 Å². The van der Waals surface area contributed by atoms with Crippen LogP contribution in [0.4, 0.5) is 0 Å². The summed E-state index contributed by atoms with van der Waals surface area (Å²) in [6.07, 6.45) is 3.34. The van der Waals surface area contributed by atoms with Crippen LogP contribution < -0.4 is 0 Å². The minimum absolute atomic E-state index is 0. The Morgan fingerprint density at radius 1 is 0.696 bits per heavy atom. The summed E-state index contributed by atoms with van der Waals surface area (Å²) in [5.74, 6) is -1.80. The van der Waals surface area contributed by atoms with Gasteiger partial charge in [-0.25, -0.2) is 9.59 Å². The number of benzene rings is 2. The first-order valence-corrected chi connectivity index (χ1v) is 6.39. The molecule has 0 aromatic heterocycles. The van der Waals surface area contributed by atoms with Gasteiger partial charge in [0.05, 0.1) is 11.1 Å². The van der Waals surface area contributed by atoms with Crippen molar-refractivity contribution in [2.75, 3.05) is 0 Å². The molecule has 119 valence electrons. The molecule has 0 atom stereocenters. The van der Waals surface area contributed by atoms with Crippen molar-refractivity contribution in [2.45, 2.75) is 0 Å². The third-order valence-electron chi connectivity index (χ3n) is 2.79. The molecule has 0 amide bonds. The van der Waals surface area contributed by atoms with Gasteiger partial charge < -0.3 is 10.2 Å². The van der Waals surface area contributed by atoms with Gasteiger partial charge in [0.2, 0.25) is 0 Å². The second kappa shape index (κ2) is 10.2. The van der Waals surface area contributed by atoms with Gasteiger partial charge >= 0.3 is 11.9 Å². The van der Waals surface area contributed by atoms with Crippen LogP contribution in [0.1, 0.15) is 31.8 Å². The number of hydrogen-bond donors (Lipinski definition) is 2. The fraction of sp³-hybridized carbons (Fsp3) is 0. The summed E-state index contributed by atoms with van der Waals surface area (Å²) < 4.78 is 0. The van der Waals surface area contributed by atoms with Gasteiger partial charge in [-0.15, -0.1) is 0 Å². The van der Waals surface area contributed by atoms with Crippen LogP contribution in [0.15, 0.2) is 61.7 Å². The average Bonchev–Trinajstić information content (AvgIpc) is 2.55. The van der Waals surface area contributed by atoms with E-state index >= 15 is 0 Å². The minimum Gasteiger partial charge on any atom is -0.478 e. The minimum atomic E-state index is -0.902. The van der Waals surface area contributed by atoms with Gasteiger partial charge in [0.15, 0.2) is 0 Å². The van der Waals surface area contributed by atoms with Crippen molar-refractivity contribution in [3.05, 3.63) is 83.9 Å². The first kappa shape index (κ1) is 20.4. The van der Waals surface area contributed by atoms with Crippen LogP contribution in [0.5, 0.6) is 0 Å². The van der Waals surface area contributed by atoms with Gasteiger partial charge in [0.25, 0.3) is 0 Å². The van der Waals surface area contributed by atoms with Gasteiger partial charge in [-0.2, -0.15) is 0 Å². The van der Waals surface area contributed by atoms with Crippen LogP contribution >= 0.6 is 0 Å². The Hall–Kier alpha value is -2.62. The SMILES string of the molecule is C=Cc1ccc(C(=O)O)cc1.C=Cc1ccc(C(=O)O)cc1.[Mn]. The van der Waals surface area contributed by atoms with Crippen LogP contribution in [0.2, 0.25) is 0 Å². The summed E-state index contributed by atoms with van der Waals surface area (Å²) in [6.45, 7) is 7.12. The summed E-state index contributed by atoms with van der Waals surface area (Å²) in [5.41, 5.74) is 2.45. The quantitative estimate of drug-likeness (QED) is 0.815. The van der Waals surface area contributed by atoms with Crippen molar-refractivity contribution < 1.29 is 36.9 Å². The van der Waals surface area contributed by atoms with Crippen LogP contribution in [0.25, 0.3) is 12.2 Å². The Balaban J connectivity index is 0.000000403. The predicted molar refractivity (Wildman–Crippen MR) is 87.0 cm³/mol. The van der Waals surface area contributed by atoms with E-state index in [0.717, 1.165) is 11.1 Å². The molecule has 0 aliphatic carbocycles. The van der Waals surface area contributed by atoms with E-state index in [4.69, 9.17) is 10.2 Å². The maximum atomic E-state index is 10.4. The van der Waals surface area contributed by atoms with E-state index in [0.29, 0.717) is 11.1 Å². The number of carboxylic acids is 2. The predicted octanol–water partition coefficient (Wildman–Crippen LogP) is 4.05. The zero-order valence-electron chi connectivity index (χ0n) is 12.3. The Morgan fingerprint density at radius 3 is 1.13 bits per heavy atom. The molecule has 2 N–H and O–H groups in total. The van der Waals surface area contributed by atoms with Crippen molar-refractivity contribution in [3.8, 4) is 0 Å². The van der Waals surface area contributed by atoms with Crippen LogP contribution in [0.3, 0.4) is 0 Å². The molecule has 1 radical (unpaired) electrons. The molecule has 5 heteroatoms.